The lowest BCUT2D eigenvalue weighted by Crippen LogP contribution is -1.90. The highest BCUT2D eigenvalue weighted by atomic mass is 35.5. The van der Waals surface area contributed by atoms with Gasteiger partial charge in [0.2, 0.25) is 0 Å². The van der Waals surface area contributed by atoms with Crippen molar-refractivity contribution in [1.82, 2.24) is 4.98 Å². The van der Waals surface area contributed by atoms with Gasteiger partial charge >= 0.3 is 0 Å². The minimum atomic E-state index is -0.663. The molecule has 0 radical (unpaired) electrons. The molecule has 0 fully saturated rings. The van der Waals surface area contributed by atoms with Crippen LogP contribution in [-0.2, 0) is 0 Å². The molecular weight excluding hydrogens is 191 g/mol. The van der Waals surface area contributed by atoms with Crippen LogP contribution in [0.4, 0.5) is 4.39 Å². The maximum Gasteiger partial charge on any atom is 0.176 e. The Morgan fingerprint density at radius 3 is 2.92 bits per heavy atom. The van der Waals surface area contributed by atoms with Crippen LogP contribution in [0.1, 0.15) is 11.3 Å². The van der Waals surface area contributed by atoms with Crippen molar-refractivity contribution in [2.75, 3.05) is 5.88 Å². The normalized spacial score (nSPS) is 8.38. The number of halogens is 2. The zero-order chi connectivity index (χ0) is 9.68. The maximum absolute atomic E-state index is 12.9. The summed E-state index contributed by atoms with van der Waals surface area (Å²) in [6.45, 7) is 0. The molecule has 0 aromatic carbocycles. The minimum absolute atomic E-state index is 0.182. The van der Waals surface area contributed by atoms with E-state index in [1.807, 2.05) is 0 Å². The standard InChI is InChI=1S/C9H4ClFN2/c10-3-1-2-7-4-8(11)9(5-12)13-6-7/h4,6H,3H2. The van der Waals surface area contributed by atoms with Crippen LogP contribution < -0.4 is 0 Å². The van der Waals surface area contributed by atoms with Crippen LogP contribution in [0.15, 0.2) is 12.3 Å². The Morgan fingerprint density at radius 1 is 1.62 bits per heavy atom. The molecule has 0 atom stereocenters. The van der Waals surface area contributed by atoms with Crippen molar-refractivity contribution in [2.24, 2.45) is 0 Å². The third-order valence-corrected chi connectivity index (χ3v) is 1.38. The number of aromatic nitrogens is 1. The molecule has 1 aromatic heterocycles. The maximum atomic E-state index is 12.9. The summed E-state index contributed by atoms with van der Waals surface area (Å²) in [5.74, 6) is 4.67. The molecule has 0 saturated carbocycles. The number of rotatable bonds is 0. The number of nitriles is 1. The summed E-state index contributed by atoms with van der Waals surface area (Å²) in [7, 11) is 0. The van der Waals surface area contributed by atoms with Gasteiger partial charge in [-0.15, -0.1) is 11.6 Å². The molecule has 4 heteroatoms. The Hall–Kier alpha value is -1.58. The monoisotopic (exact) mass is 194 g/mol. The van der Waals surface area contributed by atoms with Crippen LogP contribution in [0.5, 0.6) is 0 Å². The molecule has 0 N–H and O–H groups in total. The van der Waals surface area contributed by atoms with Crippen molar-refractivity contribution in [3.63, 3.8) is 0 Å². The molecule has 1 aromatic rings. The van der Waals surface area contributed by atoms with Crippen molar-refractivity contribution in [2.45, 2.75) is 0 Å². The second-order valence-corrected chi connectivity index (χ2v) is 2.37. The molecule has 0 saturated heterocycles. The van der Waals surface area contributed by atoms with Gasteiger partial charge in [0, 0.05) is 11.8 Å². The lowest BCUT2D eigenvalue weighted by molar-refractivity contribution is 0.616. The summed E-state index contributed by atoms with van der Waals surface area (Å²) in [5.41, 5.74) is 0.188. The fourth-order valence-corrected chi connectivity index (χ4v) is 0.791. The third kappa shape index (κ3) is 2.43. The summed E-state index contributed by atoms with van der Waals surface area (Å²) < 4.78 is 12.9. The second kappa shape index (κ2) is 4.45. The van der Waals surface area contributed by atoms with E-state index < -0.39 is 5.82 Å². The van der Waals surface area contributed by atoms with Gasteiger partial charge in [-0.05, 0) is 6.07 Å². The zero-order valence-corrected chi connectivity index (χ0v) is 7.27. The van der Waals surface area contributed by atoms with Gasteiger partial charge in [0.05, 0.1) is 5.88 Å². The van der Waals surface area contributed by atoms with E-state index in [0.717, 1.165) is 6.07 Å². The predicted molar refractivity (Wildman–Crippen MR) is 46.5 cm³/mol. The van der Waals surface area contributed by atoms with E-state index in [2.05, 4.69) is 16.8 Å². The first-order valence-corrected chi connectivity index (χ1v) is 3.92. The molecule has 0 aliphatic heterocycles. The lowest BCUT2D eigenvalue weighted by atomic mass is 10.2. The molecular formula is C9H4ClFN2. The Kier molecular flexibility index (Phi) is 3.25. The van der Waals surface area contributed by atoms with E-state index >= 15 is 0 Å². The first-order valence-electron chi connectivity index (χ1n) is 3.38. The predicted octanol–water partition coefficient (Wildman–Crippen LogP) is 1.68. The zero-order valence-electron chi connectivity index (χ0n) is 6.51. The van der Waals surface area contributed by atoms with Crippen LogP contribution in [0.25, 0.3) is 0 Å². The van der Waals surface area contributed by atoms with Gasteiger partial charge in [-0.25, -0.2) is 9.37 Å². The Labute approximate surface area is 80.0 Å². The molecule has 1 rings (SSSR count). The quantitative estimate of drug-likeness (QED) is 0.466. The molecule has 0 spiro atoms. The van der Waals surface area contributed by atoms with E-state index in [4.69, 9.17) is 16.9 Å². The lowest BCUT2D eigenvalue weighted by Gasteiger charge is -1.92. The largest absolute Gasteiger partial charge is 0.241 e. The smallest absolute Gasteiger partial charge is 0.176 e. The molecule has 0 aliphatic carbocycles. The topological polar surface area (TPSA) is 36.7 Å². The SMILES string of the molecule is N#Cc1ncc(C#CCCl)cc1F. The summed E-state index contributed by atoms with van der Waals surface area (Å²) in [5, 5.41) is 8.38. The fraction of sp³-hybridized carbons (Fsp3) is 0.111. The van der Waals surface area contributed by atoms with Crippen LogP contribution in [0.3, 0.4) is 0 Å². The first-order chi connectivity index (χ1) is 6.27. The highest BCUT2D eigenvalue weighted by molar-refractivity contribution is 6.19. The van der Waals surface area contributed by atoms with E-state index in [0.29, 0.717) is 5.56 Å². The number of alkyl halides is 1. The van der Waals surface area contributed by atoms with Gasteiger partial charge in [-0.2, -0.15) is 5.26 Å². The minimum Gasteiger partial charge on any atom is -0.241 e. The number of pyridine rings is 1. The van der Waals surface area contributed by atoms with Crippen LogP contribution in [-0.4, -0.2) is 10.9 Å². The van der Waals surface area contributed by atoms with Crippen LogP contribution >= 0.6 is 11.6 Å². The summed E-state index contributed by atoms with van der Waals surface area (Å²) in [6, 6.07) is 2.78. The summed E-state index contributed by atoms with van der Waals surface area (Å²) in [6.07, 6.45) is 1.33. The Balaban J connectivity index is 3.04. The van der Waals surface area contributed by atoms with E-state index in [1.54, 1.807) is 6.07 Å². The Bertz CT molecular complexity index is 412. The molecule has 0 aliphatic rings. The van der Waals surface area contributed by atoms with Crippen molar-refractivity contribution < 1.29 is 4.39 Å². The Morgan fingerprint density at radius 2 is 2.38 bits per heavy atom. The molecule has 0 unspecified atom stereocenters. The van der Waals surface area contributed by atoms with Gasteiger partial charge < -0.3 is 0 Å². The average molecular weight is 195 g/mol. The molecule has 13 heavy (non-hydrogen) atoms. The average Bonchev–Trinajstić information content (AvgIpc) is 2.15. The molecule has 0 amide bonds. The summed E-state index contributed by atoms with van der Waals surface area (Å²) in [4.78, 5) is 3.57. The molecule has 64 valence electrons. The molecule has 2 nitrogen and oxygen atoms in total. The fourth-order valence-electron chi connectivity index (χ4n) is 0.724. The molecule has 1 heterocycles. The number of hydrogen-bond donors (Lipinski definition) is 0. The van der Waals surface area contributed by atoms with Crippen molar-refractivity contribution in [3.8, 4) is 17.9 Å². The second-order valence-electron chi connectivity index (χ2n) is 2.10. The number of nitrogens with zero attached hydrogens (tertiary/aromatic N) is 2. The van der Waals surface area contributed by atoms with Gasteiger partial charge in [-0.1, -0.05) is 11.8 Å². The van der Waals surface area contributed by atoms with Gasteiger partial charge in [0.1, 0.15) is 6.07 Å². The highest BCUT2D eigenvalue weighted by Gasteiger charge is 2.01. The van der Waals surface area contributed by atoms with E-state index in [9.17, 15) is 4.39 Å². The van der Waals surface area contributed by atoms with Gasteiger partial charge in [-0.3, -0.25) is 0 Å². The van der Waals surface area contributed by atoms with Crippen molar-refractivity contribution >= 4 is 11.6 Å². The number of hydrogen-bond acceptors (Lipinski definition) is 2. The summed E-state index contributed by atoms with van der Waals surface area (Å²) >= 11 is 5.31. The molecule has 0 bridgehead atoms. The third-order valence-electron chi connectivity index (χ3n) is 1.25. The van der Waals surface area contributed by atoms with Crippen LogP contribution in [0.2, 0.25) is 0 Å². The van der Waals surface area contributed by atoms with E-state index in [-0.39, 0.29) is 11.6 Å². The van der Waals surface area contributed by atoms with Crippen molar-refractivity contribution in [1.29, 1.82) is 5.26 Å². The van der Waals surface area contributed by atoms with E-state index in [1.165, 1.54) is 6.20 Å². The van der Waals surface area contributed by atoms with Crippen molar-refractivity contribution in [3.05, 3.63) is 29.3 Å². The van der Waals surface area contributed by atoms with Crippen LogP contribution in [0, 0.1) is 29.0 Å². The highest BCUT2D eigenvalue weighted by Crippen LogP contribution is 2.04. The first kappa shape index (κ1) is 9.51. The van der Waals surface area contributed by atoms with Gasteiger partial charge in [0.15, 0.2) is 11.5 Å². The van der Waals surface area contributed by atoms with Gasteiger partial charge in [0.25, 0.3) is 0 Å².